The van der Waals surface area contributed by atoms with Gasteiger partial charge < -0.3 is 5.11 Å². The lowest BCUT2D eigenvalue weighted by molar-refractivity contribution is -0.388. The normalized spacial score (nSPS) is 11.3. The quantitative estimate of drug-likeness (QED) is 0.683. The van der Waals surface area contributed by atoms with Crippen molar-refractivity contribution < 1.29 is 18.4 Å². The molecule has 0 aliphatic heterocycles. The number of phenols is 1. The first-order valence-electron chi connectivity index (χ1n) is 6.69. The Bertz CT molecular complexity index is 860. The van der Waals surface area contributed by atoms with Crippen LogP contribution < -0.4 is 4.31 Å². The van der Waals surface area contributed by atoms with Gasteiger partial charge in [-0.3, -0.25) is 14.4 Å². The molecule has 0 fully saturated rings. The molecule has 1 N–H and O–H groups in total. The van der Waals surface area contributed by atoms with Crippen LogP contribution in [0.4, 0.5) is 11.4 Å². The van der Waals surface area contributed by atoms with Crippen LogP contribution in [0.15, 0.2) is 41.3 Å². The predicted octanol–water partition coefficient (Wildman–Crippen LogP) is 2.74. The highest BCUT2D eigenvalue weighted by atomic mass is 32.2. The molecule has 0 radical (unpaired) electrons. The zero-order valence-electron chi connectivity index (χ0n) is 12.8. The van der Waals surface area contributed by atoms with Crippen LogP contribution in [0.1, 0.15) is 11.1 Å². The first-order valence-corrected chi connectivity index (χ1v) is 8.13. The van der Waals surface area contributed by atoms with Gasteiger partial charge in [-0.2, -0.15) is 0 Å². The molecule has 0 heterocycles. The minimum atomic E-state index is -4.12. The Morgan fingerprint density at radius 1 is 1.04 bits per heavy atom. The maximum Gasteiger partial charge on any atom is 0.293 e. The van der Waals surface area contributed by atoms with E-state index in [9.17, 15) is 23.6 Å². The summed E-state index contributed by atoms with van der Waals surface area (Å²) in [5, 5.41) is 20.6. The van der Waals surface area contributed by atoms with Gasteiger partial charge in [0.25, 0.3) is 15.7 Å². The Hall–Kier alpha value is -2.61. The number of nitro benzene ring substituents is 1. The maximum absolute atomic E-state index is 12.9. The molecule has 2 aromatic carbocycles. The number of sulfonamides is 1. The van der Waals surface area contributed by atoms with Crippen molar-refractivity contribution in [3.63, 3.8) is 0 Å². The van der Waals surface area contributed by atoms with Crippen LogP contribution in [0.2, 0.25) is 0 Å². The van der Waals surface area contributed by atoms with E-state index in [0.29, 0.717) is 5.56 Å². The van der Waals surface area contributed by atoms with Crippen molar-refractivity contribution >= 4 is 21.4 Å². The number of hydrogen-bond acceptors (Lipinski definition) is 5. The SMILES string of the molecule is Cc1ccc(C)c(S(=O)(=O)N(C)c2ccc(O)cc2)c1[N+](=O)[O-]. The van der Waals surface area contributed by atoms with E-state index in [2.05, 4.69) is 0 Å². The van der Waals surface area contributed by atoms with Crippen molar-refractivity contribution in [2.75, 3.05) is 11.4 Å². The molecule has 0 aliphatic carbocycles. The number of benzene rings is 2. The number of aromatic hydroxyl groups is 1. The van der Waals surface area contributed by atoms with E-state index in [1.165, 1.54) is 51.2 Å². The van der Waals surface area contributed by atoms with Gasteiger partial charge in [-0.25, -0.2) is 8.42 Å². The molecule has 0 spiro atoms. The van der Waals surface area contributed by atoms with Crippen LogP contribution in [0, 0.1) is 24.0 Å². The van der Waals surface area contributed by atoms with E-state index in [1.807, 2.05) is 0 Å². The number of anilines is 1. The van der Waals surface area contributed by atoms with Crippen molar-refractivity contribution in [2.45, 2.75) is 18.7 Å². The van der Waals surface area contributed by atoms with E-state index >= 15 is 0 Å². The Morgan fingerprint density at radius 3 is 2.09 bits per heavy atom. The first-order chi connectivity index (χ1) is 10.7. The van der Waals surface area contributed by atoms with Gasteiger partial charge >= 0.3 is 0 Å². The average Bonchev–Trinajstić information content (AvgIpc) is 2.48. The van der Waals surface area contributed by atoms with Crippen molar-refractivity contribution in [1.82, 2.24) is 0 Å². The Balaban J connectivity index is 2.67. The van der Waals surface area contributed by atoms with E-state index < -0.39 is 20.6 Å². The molecule has 8 heteroatoms. The van der Waals surface area contributed by atoms with Crippen LogP contribution in [0.5, 0.6) is 5.75 Å². The highest BCUT2D eigenvalue weighted by molar-refractivity contribution is 7.93. The fourth-order valence-corrected chi connectivity index (χ4v) is 3.89. The third-order valence-corrected chi connectivity index (χ3v) is 5.51. The first kappa shape index (κ1) is 16.8. The Morgan fingerprint density at radius 2 is 1.57 bits per heavy atom. The molecular weight excluding hydrogens is 320 g/mol. The van der Waals surface area contributed by atoms with E-state index in [1.54, 1.807) is 6.07 Å². The summed E-state index contributed by atoms with van der Waals surface area (Å²) in [6, 6.07) is 8.60. The number of nitrogens with zero attached hydrogens (tertiary/aromatic N) is 2. The summed E-state index contributed by atoms with van der Waals surface area (Å²) in [7, 11) is -2.81. The largest absolute Gasteiger partial charge is 0.508 e. The Kier molecular flexibility index (Phi) is 4.28. The predicted molar refractivity (Wildman–Crippen MR) is 86.3 cm³/mol. The van der Waals surface area contributed by atoms with Crippen LogP contribution >= 0.6 is 0 Å². The molecule has 0 aliphatic rings. The highest BCUT2D eigenvalue weighted by Gasteiger charge is 2.33. The average molecular weight is 336 g/mol. The second-order valence-corrected chi connectivity index (χ2v) is 7.03. The monoisotopic (exact) mass is 336 g/mol. The summed E-state index contributed by atoms with van der Waals surface area (Å²) >= 11 is 0. The molecule has 0 aromatic heterocycles. The molecule has 122 valence electrons. The number of rotatable bonds is 4. The smallest absolute Gasteiger partial charge is 0.293 e. The van der Waals surface area contributed by atoms with Gasteiger partial charge in [-0.15, -0.1) is 0 Å². The van der Waals surface area contributed by atoms with E-state index in [-0.39, 0.29) is 21.9 Å². The van der Waals surface area contributed by atoms with E-state index in [0.717, 1.165) is 4.31 Å². The van der Waals surface area contributed by atoms with Crippen molar-refractivity contribution in [3.8, 4) is 5.75 Å². The number of phenolic OH excluding ortho intramolecular Hbond substituents is 1. The van der Waals surface area contributed by atoms with Crippen LogP contribution in [-0.2, 0) is 10.0 Å². The lowest BCUT2D eigenvalue weighted by Crippen LogP contribution is -2.28. The topological polar surface area (TPSA) is 101 Å². The number of hydrogen-bond donors (Lipinski definition) is 1. The highest BCUT2D eigenvalue weighted by Crippen LogP contribution is 2.34. The van der Waals surface area contributed by atoms with Crippen molar-refractivity contribution in [3.05, 3.63) is 57.6 Å². The fraction of sp³-hybridized carbons (Fsp3) is 0.200. The van der Waals surface area contributed by atoms with Gasteiger partial charge in [0.2, 0.25) is 0 Å². The van der Waals surface area contributed by atoms with Crippen LogP contribution in [-0.4, -0.2) is 25.5 Å². The molecule has 0 unspecified atom stereocenters. The van der Waals surface area contributed by atoms with Gasteiger partial charge in [0.15, 0.2) is 4.90 Å². The van der Waals surface area contributed by atoms with Crippen LogP contribution in [0.3, 0.4) is 0 Å². The summed E-state index contributed by atoms with van der Waals surface area (Å²) < 4.78 is 26.7. The minimum Gasteiger partial charge on any atom is -0.508 e. The minimum absolute atomic E-state index is 0.00253. The van der Waals surface area contributed by atoms with Gasteiger partial charge in [0.1, 0.15) is 5.75 Å². The van der Waals surface area contributed by atoms with Gasteiger partial charge in [-0.1, -0.05) is 12.1 Å². The van der Waals surface area contributed by atoms with Crippen molar-refractivity contribution in [1.29, 1.82) is 0 Å². The second-order valence-electron chi connectivity index (χ2n) is 5.12. The second kappa shape index (κ2) is 5.88. The molecule has 0 saturated heterocycles. The third kappa shape index (κ3) is 2.98. The summed E-state index contributed by atoms with van der Waals surface area (Å²) in [4.78, 5) is 10.3. The molecule has 0 amide bonds. The van der Waals surface area contributed by atoms with Crippen LogP contribution in [0.25, 0.3) is 0 Å². The van der Waals surface area contributed by atoms with Gasteiger partial charge in [0, 0.05) is 12.6 Å². The summed E-state index contributed by atoms with van der Waals surface area (Å²) in [6.07, 6.45) is 0. The Labute approximate surface area is 134 Å². The molecular formula is C15H16N2O5S. The lowest BCUT2D eigenvalue weighted by Gasteiger charge is -2.21. The molecule has 7 nitrogen and oxygen atoms in total. The third-order valence-electron chi connectivity index (χ3n) is 3.54. The summed E-state index contributed by atoms with van der Waals surface area (Å²) in [5.41, 5.74) is 0.444. The number of aryl methyl sites for hydroxylation is 2. The van der Waals surface area contributed by atoms with Gasteiger partial charge in [-0.05, 0) is 43.7 Å². The maximum atomic E-state index is 12.9. The molecule has 0 atom stereocenters. The van der Waals surface area contributed by atoms with E-state index in [4.69, 9.17) is 0 Å². The van der Waals surface area contributed by atoms with Gasteiger partial charge in [0.05, 0.1) is 10.6 Å². The lowest BCUT2D eigenvalue weighted by atomic mass is 10.1. The molecule has 0 bridgehead atoms. The molecule has 0 saturated carbocycles. The standard InChI is InChI=1S/C15H16N2O5S/c1-10-4-5-11(2)15(14(10)17(19)20)23(21,22)16(3)12-6-8-13(18)9-7-12/h4-9,18H,1-3H3. The summed E-state index contributed by atoms with van der Waals surface area (Å²) in [6.45, 7) is 3.02. The summed E-state index contributed by atoms with van der Waals surface area (Å²) in [5.74, 6) is -0.00253. The zero-order valence-corrected chi connectivity index (χ0v) is 13.7. The molecule has 2 aromatic rings. The zero-order chi connectivity index (χ0) is 17.4. The van der Waals surface area contributed by atoms with Crippen molar-refractivity contribution in [2.24, 2.45) is 0 Å². The number of nitro groups is 1. The molecule has 23 heavy (non-hydrogen) atoms. The molecule has 2 rings (SSSR count). The fourth-order valence-electron chi connectivity index (χ4n) is 2.26.